The van der Waals surface area contributed by atoms with Crippen LogP contribution in [0.4, 0.5) is 0 Å². The fraction of sp³-hybridized carbons (Fsp3) is 0.750. The third-order valence-electron chi connectivity index (χ3n) is 0.274. The molecule has 0 aliphatic heterocycles. The molecule has 0 aromatic carbocycles. The molecule has 0 aliphatic carbocycles. The molecule has 1 nitrogen and oxygen atoms in total. The van der Waals surface area contributed by atoms with E-state index in [9.17, 15) is 0 Å². The first-order chi connectivity index (χ1) is 2.77. The summed E-state index contributed by atoms with van der Waals surface area (Å²) in [6, 6.07) is 0. The molecular formula is C4H9NS. The molecule has 0 fully saturated rings. The van der Waals surface area contributed by atoms with E-state index in [1.165, 1.54) is 0 Å². The molecule has 0 N–H and O–H groups in total. The Morgan fingerprint density at radius 1 is 1.50 bits per heavy atom. The van der Waals surface area contributed by atoms with Gasteiger partial charge in [-0.05, 0) is 19.4 Å². The van der Waals surface area contributed by atoms with Gasteiger partial charge in [-0.3, -0.25) is 0 Å². The van der Waals surface area contributed by atoms with E-state index in [0.29, 0.717) is 0 Å². The van der Waals surface area contributed by atoms with E-state index in [4.69, 9.17) is 0 Å². The predicted octanol–water partition coefficient (Wildman–Crippen LogP) is 0.828. The highest BCUT2D eigenvalue weighted by molar-refractivity contribution is 7.87. The van der Waals surface area contributed by atoms with E-state index in [0.717, 1.165) is 0 Å². The van der Waals surface area contributed by atoms with Gasteiger partial charge in [0, 0.05) is 6.26 Å². The maximum atomic E-state index is 2.96. The summed E-state index contributed by atoms with van der Waals surface area (Å²) >= 11 is 1.59. The van der Waals surface area contributed by atoms with Gasteiger partial charge in [-0.1, -0.05) is 0 Å². The van der Waals surface area contributed by atoms with Gasteiger partial charge in [0.1, 0.15) is 0 Å². The molecule has 0 spiro atoms. The van der Waals surface area contributed by atoms with Gasteiger partial charge in [-0.15, -0.1) is 11.2 Å². The van der Waals surface area contributed by atoms with Crippen LogP contribution < -0.4 is 0 Å². The summed E-state index contributed by atoms with van der Waals surface area (Å²) < 4.78 is 0. The fourth-order valence-corrected chi connectivity index (χ4v) is 0.548. The highest BCUT2D eigenvalue weighted by Gasteiger charge is 1.67. The summed E-state index contributed by atoms with van der Waals surface area (Å²) in [5.41, 5.74) is 0. The Hall–Kier alpha value is -0.0400. The minimum absolute atomic E-state index is 1.59. The van der Waals surface area contributed by atoms with E-state index < -0.39 is 0 Å². The van der Waals surface area contributed by atoms with Crippen molar-refractivity contribution in [3.05, 3.63) is 0 Å². The number of nitrogens with zero attached hydrogens (tertiary/aromatic N) is 1. The second-order valence-electron chi connectivity index (χ2n) is 1.19. The molecule has 0 bridgehead atoms. The van der Waals surface area contributed by atoms with E-state index >= 15 is 0 Å². The largest absolute Gasteiger partial charge is 0.240 e. The maximum Gasteiger partial charge on any atom is 0.00762 e. The van der Waals surface area contributed by atoms with Gasteiger partial charge < -0.3 is 0 Å². The Morgan fingerprint density at radius 2 is 2.00 bits per heavy atom. The van der Waals surface area contributed by atoms with Gasteiger partial charge in [0.2, 0.25) is 0 Å². The zero-order valence-electron chi connectivity index (χ0n) is 4.36. The molecule has 0 saturated carbocycles. The Balaban J connectivity index is 3.20. The van der Waals surface area contributed by atoms with Gasteiger partial charge in [-0.2, -0.15) is 0 Å². The van der Waals surface area contributed by atoms with Crippen LogP contribution in [0.5, 0.6) is 0 Å². The molecule has 0 aliphatic rings. The topological polar surface area (TPSA) is 3.24 Å². The summed E-state index contributed by atoms with van der Waals surface area (Å²) in [4.78, 5) is 1.89. The van der Waals surface area contributed by atoms with Gasteiger partial charge in [0.25, 0.3) is 0 Å². The maximum absolute atomic E-state index is 2.96. The molecule has 2 heteroatoms. The van der Waals surface area contributed by atoms with Crippen LogP contribution in [0, 0.1) is 5.31 Å². The zero-order valence-corrected chi connectivity index (χ0v) is 5.17. The molecule has 0 amide bonds. The lowest BCUT2D eigenvalue weighted by molar-refractivity contribution is 0.601. The lowest BCUT2D eigenvalue weighted by Gasteiger charge is -1.90. The molecule has 0 rings (SSSR count). The molecule has 0 unspecified atom stereocenters. The fourth-order valence-electron chi connectivity index (χ4n) is 0.183. The Kier molecular flexibility index (Phi) is 3.14. The first-order valence-electron chi connectivity index (χ1n) is 1.73. The number of hydrogen-bond donors (Lipinski definition) is 0. The molecule has 0 heterocycles. The van der Waals surface area contributed by atoms with Crippen molar-refractivity contribution >= 4 is 11.2 Å². The first-order valence-corrected chi connectivity index (χ1v) is 2.96. The standard InChI is InChI=1S/C4H9NS/c1-5(2)4-6-3/h1-3H3. The van der Waals surface area contributed by atoms with Crippen LogP contribution in [0.15, 0.2) is 0 Å². The van der Waals surface area contributed by atoms with Crippen LogP contribution >= 0.6 is 11.2 Å². The van der Waals surface area contributed by atoms with Crippen molar-refractivity contribution in [2.75, 3.05) is 20.4 Å². The quantitative estimate of drug-likeness (QED) is 0.410. The average molecular weight is 103 g/mol. The first kappa shape index (κ1) is 5.96. The van der Waals surface area contributed by atoms with Crippen LogP contribution in [-0.4, -0.2) is 25.3 Å². The average Bonchev–Trinajstić information content (AvgIpc) is 1.35. The minimum Gasteiger partial charge on any atom is -0.240 e. The van der Waals surface area contributed by atoms with Crippen LogP contribution in [0.1, 0.15) is 0 Å². The lowest BCUT2D eigenvalue weighted by Crippen LogP contribution is -1.99. The predicted molar refractivity (Wildman–Crippen MR) is 31.1 cm³/mol. The van der Waals surface area contributed by atoms with Crippen LogP contribution in [0.25, 0.3) is 0 Å². The van der Waals surface area contributed by atoms with Crippen molar-refractivity contribution in [1.29, 1.82) is 0 Å². The summed E-state index contributed by atoms with van der Waals surface area (Å²) in [7, 11) is 3.91. The Morgan fingerprint density at radius 3 is 2.00 bits per heavy atom. The van der Waals surface area contributed by atoms with Crippen molar-refractivity contribution in [3.63, 3.8) is 0 Å². The molecule has 0 saturated heterocycles. The third kappa shape index (κ3) is 3.96. The Bertz CT molecular complexity index is 77.3. The zero-order chi connectivity index (χ0) is 4.99. The van der Waals surface area contributed by atoms with E-state index in [-0.39, 0.29) is 0 Å². The van der Waals surface area contributed by atoms with E-state index in [2.05, 4.69) is 5.31 Å². The van der Waals surface area contributed by atoms with E-state index in [1.807, 2.05) is 25.3 Å². The smallest absolute Gasteiger partial charge is 0.00762 e. The number of hydrogen-bond acceptors (Lipinski definition) is 1. The van der Waals surface area contributed by atoms with Crippen molar-refractivity contribution in [3.8, 4) is 5.31 Å². The molecule has 0 radical (unpaired) electrons. The van der Waals surface area contributed by atoms with Crippen LogP contribution in [-0.2, 0) is 0 Å². The molecule has 6 heavy (non-hydrogen) atoms. The van der Waals surface area contributed by atoms with Gasteiger partial charge in [-0.25, -0.2) is 4.90 Å². The molecule has 36 valence electrons. The second kappa shape index (κ2) is 3.16. The summed E-state index contributed by atoms with van der Waals surface area (Å²) in [6.45, 7) is 0. The van der Waals surface area contributed by atoms with Crippen LogP contribution in [0.2, 0.25) is 0 Å². The summed E-state index contributed by atoms with van der Waals surface area (Å²) in [5, 5.41) is 2.96. The van der Waals surface area contributed by atoms with Crippen molar-refractivity contribution in [2.45, 2.75) is 0 Å². The normalized spacial score (nSPS) is 8.00. The Labute approximate surface area is 42.6 Å². The number of rotatable bonds is 0. The minimum atomic E-state index is 1.59. The summed E-state index contributed by atoms with van der Waals surface area (Å²) in [6.07, 6.45) is 1.99. The van der Waals surface area contributed by atoms with Gasteiger partial charge in [0.05, 0.1) is 0 Å². The van der Waals surface area contributed by atoms with Crippen LogP contribution in [0.3, 0.4) is 0 Å². The highest BCUT2D eigenvalue weighted by Crippen LogP contribution is 1.70. The third-order valence-corrected chi connectivity index (χ3v) is 0.822. The summed E-state index contributed by atoms with van der Waals surface area (Å²) in [5.74, 6) is 0. The SMILES string of the molecule is CS#CN(C)C. The lowest BCUT2D eigenvalue weighted by atomic mass is 11.0. The van der Waals surface area contributed by atoms with E-state index in [1.54, 1.807) is 11.2 Å². The second-order valence-corrected chi connectivity index (χ2v) is 1.78. The van der Waals surface area contributed by atoms with Gasteiger partial charge in [0.15, 0.2) is 0 Å². The monoisotopic (exact) mass is 103 g/mol. The molecule has 0 aromatic heterocycles. The molecular weight excluding hydrogens is 94.1 g/mol. The van der Waals surface area contributed by atoms with Crippen molar-refractivity contribution < 1.29 is 0 Å². The highest BCUT2D eigenvalue weighted by atomic mass is 32.1. The van der Waals surface area contributed by atoms with Crippen molar-refractivity contribution in [2.24, 2.45) is 0 Å². The van der Waals surface area contributed by atoms with Gasteiger partial charge >= 0.3 is 0 Å². The van der Waals surface area contributed by atoms with Crippen molar-refractivity contribution in [1.82, 2.24) is 4.90 Å². The molecule has 0 aromatic rings. The molecule has 0 atom stereocenters.